The van der Waals surface area contributed by atoms with Gasteiger partial charge in [0.05, 0.1) is 12.7 Å². The lowest BCUT2D eigenvalue weighted by Crippen LogP contribution is -2.27. The van der Waals surface area contributed by atoms with Crippen LogP contribution in [0.5, 0.6) is 0 Å². The molecule has 2 N–H and O–H groups in total. The molecule has 8 heavy (non-hydrogen) atoms. The van der Waals surface area contributed by atoms with E-state index in [1.165, 1.54) is 7.11 Å². The molecule has 1 unspecified atom stereocenters. The first kappa shape index (κ1) is 7.88. The SMILES string of the molecule is COC(C)[C@H](O)CO. The standard InChI is InChI=1S/C5H12O3/c1-4(8-2)5(7)3-6/h4-7H,3H2,1-2H3/t4?,5-/m1/s1. The molecule has 0 rings (SSSR count). The molecule has 50 valence electrons. The first-order valence-electron chi connectivity index (χ1n) is 2.54. The van der Waals surface area contributed by atoms with Crippen LogP contribution in [0.1, 0.15) is 6.92 Å². The third kappa shape index (κ3) is 2.26. The number of hydrogen-bond donors (Lipinski definition) is 2. The molecule has 0 aliphatic rings. The second-order valence-corrected chi connectivity index (χ2v) is 1.69. The van der Waals surface area contributed by atoms with Gasteiger partial charge in [-0.1, -0.05) is 0 Å². The van der Waals surface area contributed by atoms with Crippen molar-refractivity contribution in [1.82, 2.24) is 0 Å². The molecule has 0 aromatic carbocycles. The van der Waals surface area contributed by atoms with E-state index in [2.05, 4.69) is 0 Å². The van der Waals surface area contributed by atoms with Crippen molar-refractivity contribution in [2.24, 2.45) is 0 Å². The van der Waals surface area contributed by atoms with Gasteiger partial charge in [0.2, 0.25) is 0 Å². The Morgan fingerprint density at radius 1 is 1.62 bits per heavy atom. The van der Waals surface area contributed by atoms with Crippen molar-refractivity contribution in [3.8, 4) is 0 Å². The zero-order valence-electron chi connectivity index (χ0n) is 5.16. The molecule has 0 saturated heterocycles. The largest absolute Gasteiger partial charge is 0.394 e. The zero-order chi connectivity index (χ0) is 6.57. The van der Waals surface area contributed by atoms with Crippen molar-refractivity contribution >= 4 is 0 Å². The summed E-state index contributed by atoms with van der Waals surface area (Å²) in [7, 11) is 1.49. The lowest BCUT2D eigenvalue weighted by Gasteiger charge is -2.13. The Kier molecular flexibility index (Phi) is 3.77. The van der Waals surface area contributed by atoms with E-state index in [1.807, 2.05) is 0 Å². The minimum atomic E-state index is -0.750. The van der Waals surface area contributed by atoms with Crippen molar-refractivity contribution in [2.45, 2.75) is 19.1 Å². The molecule has 0 fully saturated rings. The average Bonchev–Trinajstić information content (AvgIpc) is 1.84. The number of rotatable bonds is 3. The van der Waals surface area contributed by atoms with Crippen LogP contribution in [0, 0.1) is 0 Å². The molecule has 3 heteroatoms. The fourth-order valence-electron chi connectivity index (χ4n) is 0.306. The van der Waals surface area contributed by atoms with Crippen LogP contribution in [0.3, 0.4) is 0 Å². The molecule has 3 nitrogen and oxygen atoms in total. The lowest BCUT2D eigenvalue weighted by atomic mass is 10.2. The smallest absolute Gasteiger partial charge is 0.103 e. The summed E-state index contributed by atoms with van der Waals surface area (Å²) in [5.41, 5.74) is 0. The number of aliphatic hydroxyl groups excluding tert-OH is 2. The minimum absolute atomic E-state index is 0.241. The average molecular weight is 120 g/mol. The van der Waals surface area contributed by atoms with Crippen molar-refractivity contribution in [2.75, 3.05) is 13.7 Å². The molecule has 0 aliphatic carbocycles. The lowest BCUT2D eigenvalue weighted by molar-refractivity contribution is -0.0276. The van der Waals surface area contributed by atoms with Crippen LogP contribution in [-0.2, 0) is 4.74 Å². The fourth-order valence-corrected chi connectivity index (χ4v) is 0.306. The highest BCUT2D eigenvalue weighted by atomic mass is 16.5. The topological polar surface area (TPSA) is 49.7 Å². The quantitative estimate of drug-likeness (QED) is 0.521. The highest BCUT2D eigenvalue weighted by molar-refractivity contribution is 4.59. The predicted octanol–water partition coefficient (Wildman–Crippen LogP) is -0.626. The Hall–Kier alpha value is -0.120. The van der Waals surface area contributed by atoms with Crippen LogP contribution in [0.2, 0.25) is 0 Å². The van der Waals surface area contributed by atoms with E-state index >= 15 is 0 Å². The van der Waals surface area contributed by atoms with E-state index in [1.54, 1.807) is 6.92 Å². The third-order valence-corrected chi connectivity index (χ3v) is 1.10. The summed E-state index contributed by atoms with van der Waals surface area (Å²) in [4.78, 5) is 0. The minimum Gasteiger partial charge on any atom is -0.394 e. The monoisotopic (exact) mass is 120 g/mol. The van der Waals surface area contributed by atoms with Gasteiger partial charge < -0.3 is 14.9 Å². The Balaban J connectivity index is 3.29. The van der Waals surface area contributed by atoms with E-state index in [9.17, 15) is 0 Å². The van der Waals surface area contributed by atoms with Crippen LogP contribution in [-0.4, -0.2) is 36.1 Å². The van der Waals surface area contributed by atoms with Crippen LogP contribution in [0.15, 0.2) is 0 Å². The molecule has 0 heterocycles. The Labute approximate surface area is 48.9 Å². The van der Waals surface area contributed by atoms with Crippen molar-refractivity contribution in [1.29, 1.82) is 0 Å². The molecular formula is C5H12O3. The molecule has 0 aliphatic heterocycles. The molecule has 2 atom stereocenters. The zero-order valence-corrected chi connectivity index (χ0v) is 5.16. The molecule has 0 aromatic heterocycles. The summed E-state index contributed by atoms with van der Waals surface area (Å²) in [6.45, 7) is 1.45. The number of aliphatic hydroxyl groups is 2. The van der Waals surface area contributed by atoms with Gasteiger partial charge in [-0.15, -0.1) is 0 Å². The molecule has 0 bridgehead atoms. The van der Waals surface area contributed by atoms with Crippen LogP contribution >= 0.6 is 0 Å². The van der Waals surface area contributed by atoms with E-state index in [-0.39, 0.29) is 12.7 Å². The van der Waals surface area contributed by atoms with Crippen LogP contribution in [0.4, 0.5) is 0 Å². The maximum atomic E-state index is 8.75. The summed E-state index contributed by atoms with van der Waals surface area (Å²) in [6, 6.07) is 0. The predicted molar refractivity (Wildman–Crippen MR) is 29.6 cm³/mol. The first-order chi connectivity index (χ1) is 3.72. The van der Waals surface area contributed by atoms with Crippen LogP contribution < -0.4 is 0 Å². The maximum absolute atomic E-state index is 8.75. The Morgan fingerprint density at radius 2 is 2.12 bits per heavy atom. The van der Waals surface area contributed by atoms with E-state index in [4.69, 9.17) is 14.9 Å². The summed E-state index contributed by atoms with van der Waals surface area (Å²) >= 11 is 0. The molecular weight excluding hydrogens is 108 g/mol. The Morgan fingerprint density at radius 3 is 2.25 bits per heavy atom. The first-order valence-corrected chi connectivity index (χ1v) is 2.54. The van der Waals surface area contributed by atoms with Gasteiger partial charge in [0.15, 0.2) is 0 Å². The van der Waals surface area contributed by atoms with Gasteiger partial charge in [-0.25, -0.2) is 0 Å². The van der Waals surface area contributed by atoms with Gasteiger partial charge in [0, 0.05) is 7.11 Å². The summed E-state index contributed by atoms with van der Waals surface area (Å²) in [5.74, 6) is 0. The normalized spacial score (nSPS) is 18.0. The summed E-state index contributed by atoms with van der Waals surface area (Å²) in [6.07, 6.45) is -1.03. The highest BCUT2D eigenvalue weighted by Crippen LogP contribution is 1.93. The summed E-state index contributed by atoms with van der Waals surface area (Å²) in [5, 5.41) is 17.1. The van der Waals surface area contributed by atoms with E-state index < -0.39 is 6.10 Å². The second-order valence-electron chi connectivity index (χ2n) is 1.69. The second kappa shape index (κ2) is 3.83. The van der Waals surface area contributed by atoms with Gasteiger partial charge in [-0.05, 0) is 6.92 Å². The molecule has 0 radical (unpaired) electrons. The molecule has 0 saturated carbocycles. The van der Waals surface area contributed by atoms with Crippen molar-refractivity contribution < 1.29 is 14.9 Å². The van der Waals surface area contributed by atoms with Gasteiger partial charge in [0.25, 0.3) is 0 Å². The molecule has 0 aromatic rings. The van der Waals surface area contributed by atoms with E-state index in [0.29, 0.717) is 0 Å². The van der Waals surface area contributed by atoms with Gasteiger partial charge >= 0.3 is 0 Å². The summed E-state index contributed by atoms with van der Waals surface area (Å²) < 4.78 is 4.69. The van der Waals surface area contributed by atoms with Gasteiger partial charge in [-0.3, -0.25) is 0 Å². The highest BCUT2D eigenvalue weighted by Gasteiger charge is 2.09. The molecule has 0 spiro atoms. The number of methoxy groups -OCH3 is 1. The number of hydrogen-bond acceptors (Lipinski definition) is 3. The number of ether oxygens (including phenoxy) is 1. The third-order valence-electron chi connectivity index (χ3n) is 1.10. The maximum Gasteiger partial charge on any atom is 0.103 e. The van der Waals surface area contributed by atoms with Crippen LogP contribution in [0.25, 0.3) is 0 Å². The molecule has 0 amide bonds. The van der Waals surface area contributed by atoms with Gasteiger partial charge in [-0.2, -0.15) is 0 Å². The fraction of sp³-hybridized carbons (Fsp3) is 1.00. The Bertz CT molecular complexity index is 47.6. The van der Waals surface area contributed by atoms with Crippen molar-refractivity contribution in [3.63, 3.8) is 0 Å². The van der Waals surface area contributed by atoms with E-state index in [0.717, 1.165) is 0 Å². The van der Waals surface area contributed by atoms with Gasteiger partial charge in [0.1, 0.15) is 6.10 Å². The van der Waals surface area contributed by atoms with Crippen molar-refractivity contribution in [3.05, 3.63) is 0 Å².